The fourth-order valence-corrected chi connectivity index (χ4v) is 23.3. The first kappa shape index (κ1) is 40.7. The summed E-state index contributed by atoms with van der Waals surface area (Å²) in [5.74, 6) is 14.9. The Kier molecular flexibility index (Phi) is 10.1. The van der Waals surface area contributed by atoms with Crippen molar-refractivity contribution < 1.29 is 0 Å². The summed E-state index contributed by atoms with van der Waals surface area (Å²) in [5, 5.41) is 0. The molecule has 16 unspecified atom stereocenters. The summed E-state index contributed by atoms with van der Waals surface area (Å²) in [6.45, 7) is 5.26. The molecule has 1 spiro atoms. The highest BCUT2D eigenvalue weighted by Crippen LogP contribution is 2.80. The molecule has 0 N–H and O–H groups in total. The Morgan fingerprint density at radius 2 is 1.22 bits per heavy atom. The van der Waals surface area contributed by atoms with Gasteiger partial charge in [0.1, 0.15) is 0 Å². The van der Waals surface area contributed by atoms with Crippen LogP contribution < -0.4 is 0 Å². The Bertz CT molecular complexity index is 1960. The number of hydrogen-bond acceptors (Lipinski definition) is 1. The maximum atomic E-state index is 3.42. The van der Waals surface area contributed by atoms with E-state index in [1.54, 1.807) is 107 Å². The van der Waals surface area contributed by atoms with Crippen LogP contribution in [0.5, 0.6) is 0 Å². The molecule has 16 atom stereocenters. The van der Waals surface area contributed by atoms with Crippen LogP contribution in [0.3, 0.4) is 0 Å². The molecule has 0 aromatic rings. The highest BCUT2D eigenvalue weighted by Gasteiger charge is 2.73. The zero-order valence-electron chi connectivity index (χ0n) is 40.5. The molecule has 8 saturated carbocycles. The summed E-state index contributed by atoms with van der Waals surface area (Å²) in [5.41, 5.74) is 12.5. The van der Waals surface area contributed by atoms with Gasteiger partial charge in [0, 0.05) is 29.0 Å². The molecule has 0 bridgehead atoms. The average molecular weight is 848 g/mol. The minimum Gasteiger partial charge on any atom is -0.294 e. The van der Waals surface area contributed by atoms with Crippen molar-refractivity contribution >= 4 is 0 Å². The minimum absolute atomic E-state index is 0.232. The van der Waals surface area contributed by atoms with E-state index in [2.05, 4.69) is 54.2 Å². The van der Waals surface area contributed by atoms with E-state index >= 15 is 0 Å². The third-order valence-corrected chi connectivity index (χ3v) is 24.9. The molecule has 0 amide bonds. The van der Waals surface area contributed by atoms with Gasteiger partial charge in [0.05, 0.1) is 0 Å². The minimum atomic E-state index is 0.232. The zero-order chi connectivity index (χ0) is 41.6. The summed E-state index contributed by atoms with van der Waals surface area (Å²) in [6, 6.07) is 2.37. The van der Waals surface area contributed by atoms with E-state index in [1.807, 2.05) is 11.1 Å². The average Bonchev–Trinajstić information content (AvgIpc) is 4.00. The van der Waals surface area contributed by atoms with Crippen molar-refractivity contribution in [2.45, 2.75) is 231 Å². The molecule has 14 aliphatic rings. The second kappa shape index (κ2) is 15.6. The molecule has 14 aliphatic carbocycles. The van der Waals surface area contributed by atoms with Gasteiger partial charge < -0.3 is 0 Å². The van der Waals surface area contributed by atoms with Gasteiger partial charge in [-0.2, -0.15) is 0 Å². The lowest BCUT2D eigenvalue weighted by Gasteiger charge is -2.55. The van der Waals surface area contributed by atoms with Gasteiger partial charge in [-0.1, -0.05) is 99.8 Å². The van der Waals surface area contributed by atoms with Crippen molar-refractivity contribution in [3.63, 3.8) is 0 Å². The van der Waals surface area contributed by atoms with Crippen molar-refractivity contribution in [3.05, 3.63) is 57.7 Å². The van der Waals surface area contributed by atoms with E-state index < -0.39 is 0 Å². The largest absolute Gasteiger partial charge is 0.294 e. The van der Waals surface area contributed by atoms with Crippen molar-refractivity contribution in [1.29, 1.82) is 0 Å². The van der Waals surface area contributed by atoms with Gasteiger partial charge in [-0.25, -0.2) is 0 Å². The van der Waals surface area contributed by atoms with Gasteiger partial charge in [-0.15, -0.1) is 0 Å². The number of fused-ring (bicyclic) bond motifs is 14. The molecule has 0 aromatic heterocycles. The summed E-state index contributed by atoms with van der Waals surface area (Å²) in [6.07, 6.45) is 57.3. The molecule has 8 fully saturated rings. The molecule has 0 aromatic carbocycles. The fourth-order valence-electron chi connectivity index (χ4n) is 23.3. The van der Waals surface area contributed by atoms with Crippen LogP contribution in [0.2, 0.25) is 0 Å². The Morgan fingerprint density at radius 1 is 0.492 bits per heavy atom. The molecule has 14 rings (SSSR count). The van der Waals surface area contributed by atoms with E-state index in [4.69, 9.17) is 0 Å². The summed E-state index contributed by atoms with van der Waals surface area (Å²) < 4.78 is 0. The molecule has 1 heteroatoms. The predicted octanol–water partition coefficient (Wildman–Crippen LogP) is 16.3. The summed E-state index contributed by atoms with van der Waals surface area (Å²) in [7, 11) is 0. The van der Waals surface area contributed by atoms with Gasteiger partial charge in [-0.05, 0) is 254 Å². The normalized spacial score (nSPS) is 50.5. The van der Waals surface area contributed by atoms with E-state index in [9.17, 15) is 0 Å². The van der Waals surface area contributed by atoms with E-state index in [-0.39, 0.29) is 5.41 Å². The summed E-state index contributed by atoms with van der Waals surface area (Å²) in [4.78, 5) is 3.42. The van der Waals surface area contributed by atoms with Gasteiger partial charge in [-0.3, -0.25) is 4.90 Å². The fraction of sp³-hybridized carbons (Fsp3) is 0.839. The first-order valence-corrected chi connectivity index (χ1v) is 29.3. The van der Waals surface area contributed by atoms with Gasteiger partial charge in [0.25, 0.3) is 0 Å². The van der Waals surface area contributed by atoms with Gasteiger partial charge in [0.15, 0.2) is 0 Å². The molecule has 63 heavy (non-hydrogen) atoms. The SMILES string of the molecule is CC1(C)C2=C(CCC=C2)C2=C1CC(N(C1CCC(C3C=CCCC3)CC1)C1CCC3=C(C1)C1CCCCC1C31C3CCCCC3C3C4CCCC5C6CCCCC6C(CC31)C54)CC2. The van der Waals surface area contributed by atoms with Crippen LogP contribution in [0.4, 0.5) is 0 Å². The van der Waals surface area contributed by atoms with Crippen LogP contribution in [0.25, 0.3) is 0 Å². The van der Waals surface area contributed by atoms with Crippen molar-refractivity contribution in [3.8, 4) is 0 Å². The lowest BCUT2D eigenvalue weighted by Crippen LogP contribution is -2.53. The van der Waals surface area contributed by atoms with Crippen LogP contribution in [0, 0.1) is 93.7 Å². The smallest absolute Gasteiger partial charge is 0.0142 e. The van der Waals surface area contributed by atoms with Crippen molar-refractivity contribution in [2.75, 3.05) is 0 Å². The Morgan fingerprint density at radius 3 is 2.06 bits per heavy atom. The van der Waals surface area contributed by atoms with E-state index in [1.165, 1.54) is 103 Å². The van der Waals surface area contributed by atoms with Crippen LogP contribution >= 0.6 is 0 Å². The Balaban J connectivity index is 0.828. The maximum Gasteiger partial charge on any atom is 0.0142 e. The van der Waals surface area contributed by atoms with Gasteiger partial charge >= 0.3 is 0 Å². The predicted molar refractivity (Wildman–Crippen MR) is 261 cm³/mol. The molecule has 1 nitrogen and oxygen atoms in total. The first-order chi connectivity index (χ1) is 31.0. The molecule has 0 heterocycles. The summed E-state index contributed by atoms with van der Waals surface area (Å²) >= 11 is 0. The van der Waals surface area contributed by atoms with E-state index in [0.29, 0.717) is 5.41 Å². The molecule has 0 saturated heterocycles. The molecule has 0 radical (unpaired) electrons. The number of hydrogen-bond donors (Lipinski definition) is 0. The zero-order valence-corrected chi connectivity index (χ0v) is 40.5. The molecule has 342 valence electrons. The standard InChI is InChI=1S/C62H89N/c1-61(2)53-24-11-8-19-45(53)47-33-31-42(36-57(47)61)63(40-29-27-39(28-30-40)38-15-4-3-5-16-38)41-32-34-56-51(35-41)46-20-9-12-25-54(46)62(56)55-26-13-10-21-49(55)60-50-23-14-22-48-43-17-6-7-18-44(43)52(59(48)50)37-58(60)62/h4,11,15,24,38-44,46,48-50,52,54-55,58-60H,3,5-10,12-14,16-23,25-37H2,1-2H3. The highest BCUT2D eigenvalue weighted by molar-refractivity contribution is 5.59. The topological polar surface area (TPSA) is 3.24 Å². The molecular weight excluding hydrogens is 759 g/mol. The molecular formula is C62H89N. The number of rotatable bonds is 4. The Labute approximate surface area is 385 Å². The second-order valence-corrected chi connectivity index (χ2v) is 26.8. The van der Waals surface area contributed by atoms with Crippen LogP contribution in [-0.4, -0.2) is 23.0 Å². The second-order valence-electron chi connectivity index (χ2n) is 26.8. The van der Waals surface area contributed by atoms with Crippen LogP contribution in [0.15, 0.2) is 57.7 Å². The third kappa shape index (κ3) is 5.86. The van der Waals surface area contributed by atoms with Crippen molar-refractivity contribution in [1.82, 2.24) is 4.90 Å². The first-order valence-electron chi connectivity index (χ1n) is 29.3. The quantitative estimate of drug-likeness (QED) is 0.255. The van der Waals surface area contributed by atoms with Crippen LogP contribution in [0.1, 0.15) is 213 Å². The highest BCUT2D eigenvalue weighted by atomic mass is 15.2. The third-order valence-electron chi connectivity index (χ3n) is 24.9. The lowest BCUT2D eigenvalue weighted by atomic mass is 9.50. The monoisotopic (exact) mass is 848 g/mol. The lowest BCUT2D eigenvalue weighted by molar-refractivity contribution is -0.0458. The number of allylic oxidation sites excluding steroid dienone is 8. The van der Waals surface area contributed by atoms with E-state index in [0.717, 1.165) is 101 Å². The maximum absolute atomic E-state index is 3.42. The Hall–Kier alpha value is -1.34. The van der Waals surface area contributed by atoms with Crippen LogP contribution in [-0.2, 0) is 0 Å². The number of nitrogens with zero attached hydrogens (tertiary/aromatic N) is 1. The van der Waals surface area contributed by atoms with Crippen molar-refractivity contribution in [2.24, 2.45) is 93.7 Å². The molecule has 0 aliphatic heterocycles. The van der Waals surface area contributed by atoms with Gasteiger partial charge in [0.2, 0.25) is 0 Å².